The fourth-order valence-corrected chi connectivity index (χ4v) is 4.70. The van der Waals surface area contributed by atoms with Crippen LogP contribution in [0.15, 0.2) is 28.1 Å². The topological polar surface area (TPSA) is 78.7 Å². The molecular formula is C20H19ClF3N7S. The first-order valence-electron chi connectivity index (χ1n) is 9.60. The van der Waals surface area contributed by atoms with Crippen molar-refractivity contribution in [3.05, 3.63) is 34.4 Å². The number of anilines is 1. The first kappa shape index (κ1) is 22.4. The summed E-state index contributed by atoms with van der Waals surface area (Å²) in [6.45, 7) is 9.17. The Morgan fingerprint density at radius 3 is 2.72 bits per heavy atom. The number of aliphatic imine (C=N–C) groups is 2. The molecule has 0 atom stereocenters. The van der Waals surface area contributed by atoms with E-state index in [9.17, 15) is 13.2 Å². The number of rotatable bonds is 3. The Kier molecular flexibility index (Phi) is 5.80. The van der Waals surface area contributed by atoms with Gasteiger partial charge in [0.1, 0.15) is 17.0 Å². The predicted molar refractivity (Wildman–Crippen MR) is 123 cm³/mol. The van der Waals surface area contributed by atoms with Crippen LogP contribution in [0.25, 0.3) is 20.4 Å². The number of halogens is 4. The van der Waals surface area contributed by atoms with Gasteiger partial charge in [-0.05, 0) is 33.1 Å². The number of aromatic nitrogens is 3. The minimum absolute atomic E-state index is 0.0114. The molecule has 1 aliphatic heterocycles. The molecule has 7 nitrogen and oxygen atoms in total. The number of guanidine groups is 1. The van der Waals surface area contributed by atoms with Crippen LogP contribution in [0.5, 0.6) is 0 Å². The largest absolute Gasteiger partial charge is 0.413 e. The summed E-state index contributed by atoms with van der Waals surface area (Å²) >= 11 is 7.87. The van der Waals surface area contributed by atoms with Crippen molar-refractivity contribution in [2.45, 2.75) is 33.0 Å². The van der Waals surface area contributed by atoms with E-state index in [0.717, 1.165) is 44.8 Å². The number of nitrogens with zero attached hydrogens (tertiary/aromatic N) is 6. The number of pyridine rings is 1. The van der Waals surface area contributed by atoms with E-state index < -0.39 is 11.7 Å². The molecule has 0 spiro atoms. The van der Waals surface area contributed by atoms with Crippen LogP contribution in [0.2, 0.25) is 5.02 Å². The van der Waals surface area contributed by atoms with Crippen molar-refractivity contribution in [3.8, 4) is 0 Å². The van der Waals surface area contributed by atoms with Gasteiger partial charge >= 0.3 is 6.18 Å². The molecule has 1 aliphatic rings. The zero-order valence-electron chi connectivity index (χ0n) is 17.5. The quantitative estimate of drug-likeness (QED) is 0.414. The van der Waals surface area contributed by atoms with Gasteiger partial charge in [0, 0.05) is 30.2 Å². The van der Waals surface area contributed by atoms with Crippen molar-refractivity contribution < 1.29 is 13.2 Å². The van der Waals surface area contributed by atoms with Crippen LogP contribution in [0.1, 0.15) is 18.2 Å². The third kappa shape index (κ3) is 4.02. The Morgan fingerprint density at radius 1 is 1.34 bits per heavy atom. The lowest BCUT2D eigenvalue weighted by molar-refractivity contribution is -0.0914. The molecule has 0 amide bonds. The molecule has 0 aromatic carbocycles. The zero-order valence-corrected chi connectivity index (χ0v) is 19.0. The van der Waals surface area contributed by atoms with E-state index in [0.29, 0.717) is 23.9 Å². The summed E-state index contributed by atoms with van der Waals surface area (Å²) in [5, 5.41) is 4.91. The maximum atomic E-state index is 12.6. The van der Waals surface area contributed by atoms with Crippen molar-refractivity contribution in [3.63, 3.8) is 0 Å². The smallest absolute Gasteiger partial charge is 0.362 e. The lowest BCUT2D eigenvalue weighted by atomic mass is 10.1. The number of thiophene rings is 1. The van der Waals surface area contributed by atoms with E-state index in [1.807, 2.05) is 13.8 Å². The molecular weight excluding hydrogens is 463 g/mol. The second-order valence-corrected chi connectivity index (χ2v) is 8.84. The first-order chi connectivity index (χ1) is 15.1. The summed E-state index contributed by atoms with van der Waals surface area (Å²) in [6, 6.07) is 0.0114. The molecule has 1 N–H and O–H groups in total. The summed E-state index contributed by atoms with van der Waals surface area (Å²) < 4.78 is 38.8. The minimum atomic E-state index is -4.42. The Labute approximate surface area is 190 Å². The maximum absolute atomic E-state index is 12.6. The van der Waals surface area contributed by atoms with Crippen molar-refractivity contribution in [1.29, 1.82) is 0 Å². The molecule has 0 aliphatic carbocycles. The summed E-state index contributed by atoms with van der Waals surface area (Å²) in [6.07, 6.45) is -2.17. The number of allylic oxidation sites excluding steroid dienone is 1. The Balaban J connectivity index is 1.54. The monoisotopic (exact) mass is 481 g/mol. The van der Waals surface area contributed by atoms with Gasteiger partial charge in [-0.2, -0.15) is 13.2 Å². The highest BCUT2D eigenvalue weighted by Gasteiger charge is 2.32. The van der Waals surface area contributed by atoms with E-state index in [2.05, 4.69) is 37.0 Å². The molecule has 32 heavy (non-hydrogen) atoms. The van der Waals surface area contributed by atoms with Crippen LogP contribution in [-0.2, 0) is 0 Å². The maximum Gasteiger partial charge on any atom is 0.413 e. The Bertz CT molecular complexity index is 1280. The van der Waals surface area contributed by atoms with Gasteiger partial charge in [0.2, 0.25) is 5.96 Å². The molecule has 1 saturated heterocycles. The molecule has 4 heterocycles. The van der Waals surface area contributed by atoms with E-state index in [1.165, 1.54) is 17.7 Å². The van der Waals surface area contributed by atoms with Gasteiger partial charge in [-0.25, -0.2) is 24.9 Å². The van der Waals surface area contributed by atoms with E-state index >= 15 is 0 Å². The molecule has 3 aromatic rings. The number of likely N-dealkylation sites (tertiary alicyclic amines) is 1. The van der Waals surface area contributed by atoms with Crippen LogP contribution >= 0.6 is 22.9 Å². The van der Waals surface area contributed by atoms with Crippen LogP contribution in [0, 0.1) is 13.8 Å². The fourth-order valence-electron chi connectivity index (χ4n) is 3.38. The number of fused-ring (bicyclic) bond motifs is 3. The standard InChI is InChI=1S/C20H19ClF3N7S/c1-9(20(22,23)24)5-26-19(25-4)31-6-12(7-31)30-17-16-15(27-8-28-17)13-10(2)14(21)11(3)29-18(13)32-16/h5,8,12H,4,6-7H2,1-3H3,(H,27,28,30)/b9-5+,26-19?. The summed E-state index contributed by atoms with van der Waals surface area (Å²) in [5.41, 5.74) is 1.67. The van der Waals surface area contributed by atoms with Crippen LogP contribution in [0.3, 0.4) is 0 Å². The van der Waals surface area contributed by atoms with Crippen LogP contribution < -0.4 is 5.32 Å². The molecule has 0 bridgehead atoms. The molecule has 12 heteroatoms. The average molecular weight is 482 g/mol. The first-order valence-corrected chi connectivity index (χ1v) is 10.8. The average Bonchev–Trinajstić information content (AvgIpc) is 3.08. The van der Waals surface area contributed by atoms with Crippen molar-refractivity contribution in [2.75, 3.05) is 18.4 Å². The van der Waals surface area contributed by atoms with Crippen molar-refractivity contribution in [1.82, 2.24) is 19.9 Å². The summed E-state index contributed by atoms with van der Waals surface area (Å²) in [4.78, 5) is 23.6. The number of nitrogens with one attached hydrogen (secondary N) is 1. The van der Waals surface area contributed by atoms with Crippen LogP contribution in [-0.4, -0.2) is 57.8 Å². The lowest BCUT2D eigenvalue weighted by Gasteiger charge is -2.40. The highest BCUT2D eigenvalue weighted by atomic mass is 35.5. The Morgan fingerprint density at radius 2 is 2.06 bits per heavy atom. The normalized spacial score (nSPS) is 16.0. The predicted octanol–water partition coefficient (Wildman–Crippen LogP) is 5.13. The molecule has 168 valence electrons. The van der Waals surface area contributed by atoms with Gasteiger partial charge in [-0.3, -0.25) is 0 Å². The van der Waals surface area contributed by atoms with Gasteiger partial charge in [-0.1, -0.05) is 11.6 Å². The van der Waals surface area contributed by atoms with Crippen molar-refractivity contribution in [2.24, 2.45) is 9.98 Å². The molecule has 3 aromatic heterocycles. The van der Waals surface area contributed by atoms with Gasteiger partial charge in [0.15, 0.2) is 0 Å². The lowest BCUT2D eigenvalue weighted by Crippen LogP contribution is -2.56. The van der Waals surface area contributed by atoms with E-state index in [1.54, 1.807) is 4.90 Å². The van der Waals surface area contributed by atoms with Gasteiger partial charge in [0.25, 0.3) is 0 Å². The van der Waals surface area contributed by atoms with Crippen molar-refractivity contribution >= 4 is 61.9 Å². The number of alkyl halides is 3. The summed E-state index contributed by atoms with van der Waals surface area (Å²) in [7, 11) is 0. The highest BCUT2D eigenvalue weighted by Crippen LogP contribution is 2.39. The van der Waals surface area contributed by atoms with Gasteiger partial charge < -0.3 is 10.2 Å². The van der Waals surface area contributed by atoms with E-state index in [-0.39, 0.29) is 12.0 Å². The summed E-state index contributed by atoms with van der Waals surface area (Å²) in [5.74, 6) is 0.819. The highest BCUT2D eigenvalue weighted by molar-refractivity contribution is 7.26. The fraction of sp³-hybridized carbons (Fsp3) is 0.350. The Hall–Kier alpha value is -2.79. The zero-order chi connectivity index (χ0) is 23.2. The van der Waals surface area contributed by atoms with Gasteiger partial charge in [0.05, 0.1) is 27.0 Å². The van der Waals surface area contributed by atoms with Crippen LogP contribution in [0.4, 0.5) is 19.0 Å². The number of aryl methyl sites for hydroxylation is 2. The number of hydrogen-bond donors (Lipinski definition) is 1. The second kappa shape index (κ2) is 8.28. The molecule has 0 saturated carbocycles. The third-order valence-electron chi connectivity index (χ3n) is 5.21. The number of hydrogen-bond acceptors (Lipinski definition) is 6. The SMILES string of the molecule is C=NC(=N/C=C(\C)C(F)(F)F)N1CC(Nc2ncnc3c2sc2nc(C)c(Cl)c(C)c23)C1. The second-order valence-electron chi connectivity index (χ2n) is 7.46. The third-order valence-corrected chi connectivity index (χ3v) is 6.85. The van der Waals surface area contributed by atoms with Gasteiger partial charge in [-0.15, -0.1) is 11.3 Å². The minimum Gasteiger partial charge on any atom is -0.362 e. The molecule has 4 rings (SSSR count). The molecule has 0 radical (unpaired) electrons. The molecule has 0 unspecified atom stereocenters. The molecule has 1 fully saturated rings. The van der Waals surface area contributed by atoms with E-state index in [4.69, 9.17) is 11.6 Å².